The summed E-state index contributed by atoms with van der Waals surface area (Å²) in [6.45, 7) is 5.63. The Morgan fingerprint density at radius 2 is 2.10 bits per heavy atom. The van der Waals surface area contributed by atoms with Gasteiger partial charge in [-0.2, -0.15) is 15.0 Å². The van der Waals surface area contributed by atoms with Crippen molar-refractivity contribution in [3.8, 4) is 6.01 Å². The van der Waals surface area contributed by atoms with E-state index < -0.39 is 0 Å². The Bertz CT molecular complexity index is 433. The molecule has 2 heterocycles. The van der Waals surface area contributed by atoms with E-state index in [1.165, 1.54) is 0 Å². The molecule has 8 heteroatoms. The van der Waals surface area contributed by atoms with Gasteiger partial charge in [-0.1, -0.05) is 0 Å². The highest BCUT2D eigenvalue weighted by atomic mass is 16.5. The summed E-state index contributed by atoms with van der Waals surface area (Å²) in [6.07, 6.45) is 1.28. The first-order chi connectivity index (χ1) is 9.71. The zero-order chi connectivity index (χ0) is 14.4. The lowest BCUT2D eigenvalue weighted by Crippen LogP contribution is -2.42. The van der Waals surface area contributed by atoms with E-state index >= 15 is 0 Å². The van der Waals surface area contributed by atoms with Crippen LogP contribution >= 0.6 is 0 Å². The number of hydrogen-bond acceptors (Lipinski definition) is 7. The minimum atomic E-state index is 0.0852. The number of rotatable bonds is 6. The molecule has 0 saturated carbocycles. The maximum atomic E-state index is 11.1. The van der Waals surface area contributed by atoms with Crippen LogP contribution in [0.5, 0.6) is 6.01 Å². The summed E-state index contributed by atoms with van der Waals surface area (Å²) in [7, 11) is 0. The first-order valence-electron chi connectivity index (χ1n) is 6.87. The molecule has 1 atom stereocenters. The Kier molecular flexibility index (Phi) is 4.91. The Hall–Kier alpha value is -2.12. The molecular weight excluding hydrogens is 260 g/mol. The maximum Gasteiger partial charge on any atom is 0.323 e. The molecule has 0 aromatic carbocycles. The number of carbonyl (C=O) groups excluding carboxylic acids is 1. The van der Waals surface area contributed by atoms with E-state index in [4.69, 9.17) is 4.74 Å². The molecule has 1 amide bonds. The highest BCUT2D eigenvalue weighted by Crippen LogP contribution is 2.14. The van der Waals surface area contributed by atoms with E-state index in [-0.39, 0.29) is 11.9 Å². The van der Waals surface area contributed by atoms with Gasteiger partial charge in [0.25, 0.3) is 0 Å². The van der Waals surface area contributed by atoms with Crippen molar-refractivity contribution in [3.05, 3.63) is 0 Å². The maximum absolute atomic E-state index is 11.1. The number of piperidine rings is 1. The van der Waals surface area contributed by atoms with Gasteiger partial charge in [-0.25, -0.2) is 0 Å². The third-order valence-corrected chi connectivity index (χ3v) is 2.82. The normalized spacial score (nSPS) is 18.3. The van der Waals surface area contributed by atoms with Crippen LogP contribution in [0.4, 0.5) is 11.9 Å². The number of amides is 1. The first kappa shape index (κ1) is 14.3. The molecule has 0 aliphatic carbocycles. The van der Waals surface area contributed by atoms with Crippen LogP contribution in [-0.4, -0.2) is 46.6 Å². The van der Waals surface area contributed by atoms with Crippen molar-refractivity contribution in [3.63, 3.8) is 0 Å². The van der Waals surface area contributed by atoms with Crippen LogP contribution in [0.3, 0.4) is 0 Å². The molecule has 0 spiro atoms. The lowest BCUT2D eigenvalue weighted by molar-refractivity contribution is -0.122. The average molecular weight is 280 g/mol. The highest BCUT2D eigenvalue weighted by molar-refractivity contribution is 5.76. The van der Waals surface area contributed by atoms with Gasteiger partial charge >= 0.3 is 6.01 Å². The summed E-state index contributed by atoms with van der Waals surface area (Å²) in [5, 5.41) is 9.05. The third-order valence-electron chi connectivity index (χ3n) is 2.82. The fraction of sp³-hybridized carbons (Fsp3) is 0.667. The van der Waals surface area contributed by atoms with Crippen LogP contribution in [0.15, 0.2) is 0 Å². The van der Waals surface area contributed by atoms with Gasteiger partial charge < -0.3 is 20.7 Å². The predicted molar refractivity (Wildman–Crippen MR) is 74.8 cm³/mol. The summed E-state index contributed by atoms with van der Waals surface area (Å²) in [6, 6.07) is 0.417. The number of ether oxygens (including phenoxy) is 1. The minimum Gasteiger partial charge on any atom is -0.464 e. The minimum absolute atomic E-state index is 0.0852. The predicted octanol–water partition coefficient (Wildman–Crippen LogP) is 0.393. The summed E-state index contributed by atoms with van der Waals surface area (Å²) in [5.74, 6) is 1.02. The van der Waals surface area contributed by atoms with Crippen LogP contribution < -0.4 is 20.7 Å². The number of nitrogens with one attached hydrogen (secondary N) is 3. The molecule has 1 unspecified atom stereocenters. The standard InChI is InChI=1S/C12H20N6O2/c1-3-13-10-16-11(18-12(17-10)20-4-2)15-8-5-6-9(19)14-7-8/h8H,3-7H2,1-2H3,(H,14,19)(H2,13,15,16,17,18). The van der Waals surface area contributed by atoms with Gasteiger partial charge in [0.2, 0.25) is 17.8 Å². The van der Waals surface area contributed by atoms with Gasteiger partial charge in [0.05, 0.1) is 6.61 Å². The zero-order valence-electron chi connectivity index (χ0n) is 11.8. The monoisotopic (exact) mass is 280 g/mol. The molecule has 1 aromatic heterocycles. The molecule has 1 aliphatic heterocycles. The number of nitrogens with zero attached hydrogens (tertiary/aromatic N) is 3. The first-order valence-corrected chi connectivity index (χ1v) is 6.87. The van der Waals surface area contributed by atoms with E-state index in [0.29, 0.717) is 44.0 Å². The number of aromatic nitrogens is 3. The van der Waals surface area contributed by atoms with Crippen molar-refractivity contribution in [2.45, 2.75) is 32.7 Å². The van der Waals surface area contributed by atoms with Crippen LogP contribution in [0, 0.1) is 0 Å². The smallest absolute Gasteiger partial charge is 0.323 e. The summed E-state index contributed by atoms with van der Waals surface area (Å²) in [5.41, 5.74) is 0. The lowest BCUT2D eigenvalue weighted by Gasteiger charge is -2.23. The molecular formula is C12H20N6O2. The van der Waals surface area contributed by atoms with Crippen molar-refractivity contribution in [2.24, 2.45) is 0 Å². The summed E-state index contributed by atoms with van der Waals surface area (Å²) >= 11 is 0. The van der Waals surface area contributed by atoms with Crippen molar-refractivity contribution in [1.82, 2.24) is 20.3 Å². The van der Waals surface area contributed by atoms with Crippen molar-refractivity contribution in [1.29, 1.82) is 0 Å². The molecule has 110 valence electrons. The lowest BCUT2D eigenvalue weighted by atomic mass is 10.1. The molecule has 20 heavy (non-hydrogen) atoms. The van der Waals surface area contributed by atoms with Gasteiger partial charge in [-0.05, 0) is 20.3 Å². The molecule has 2 rings (SSSR count). The topological polar surface area (TPSA) is 101 Å². The van der Waals surface area contributed by atoms with Crippen molar-refractivity contribution in [2.75, 3.05) is 30.3 Å². The van der Waals surface area contributed by atoms with E-state index in [1.54, 1.807) is 0 Å². The second-order valence-corrected chi connectivity index (χ2v) is 4.41. The van der Waals surface area contributed by atoms with Crippen LogP contribution in [0.25, 0.3) is 0 Å². The molecule has 1 saturated heterocycles. The van der Waals surface area contributed by atoms with Crippen LogP contribution in [0.2, 0.25) is 0 Å². The Labute approximate surface area is 117 Å². The molecule has 1 aliphatic rings. The third kappa shape index (κ3) is 3.94. The Morgan fingerprint density at radius 1 is 1.30 bits per heavy atom. The van der Waals surface area contributed by atoms with Crippen molar-refractivity contribution >= 4 is 17.8 Å². The summed E-state index contributed by atoms with van der Waals surface area (Å²) < 4.78 is 5.33. The van der Waals surface area contributed by atoms with Crippen molar-refractivity contribution < 1.29 is 9.53 Å². The number of carbonyl (C=O) groups is 1. The number of anilines is 2. The molecule has 3 N–H and O–H groups in total. The second-order valence-electron chi connectivity index (χ2n) is 4.41. The Balaban J connectivity index is 2.06. The summed E-state index contributed by atoms with van der Waals surface area (Å²) in [4.78, 5) is 23.8. The fourth-order valence-electron chi connectivity index (χ4n) is 1.89. The number of hydrogen-bond donors (Lipinski definition) is 3. The van der Waals surface area contributed by atoms with E-state index in [9.17, 15) is 4.79 Å². The van der Waals surface area contributed by atoms with Gasteiger partial charge in [0, 0.05) is 25.6 Å². The van der Waals surface area contributed by atoms with E-state index in [0.717, 1.165) is 6.42 Å². The average Bonchev–Trinajstić information content (AvgIpc) is 2.42. The SMILES string of the molecule is CCNc1nc(NC2CCC(=O)NC2)nc(OCC)n1. The van der Waals surface area contributed by atoms with Gasteiger partial charge in [0.15, 0.2) is 0 Å². The highest BCUT2D eigenvalue weighted by Gasteiger charge is 2.19. The molecule has 8 nitrogen and oxygen atoms in total. The van der Waals surface area contributed by atoms with E-state index in [2.05, 4.69) is 30.9 Å². The van der Waals surface area contributed by atoms with Crippen LogP contribution in [0.1, 0.15) is 26.7 Å². The van der Waals surface area contributed by atoms with Gasteiger partial charge in [0.1, 0.15) is 0 Å². The molecule has 0 bridgehead atoms. The van der Waals surface area contributed by atoms with Gasteiger partial charge in [-0.3, -0.25) is 4.79 Å². The second kappa shape index (κ2) is 6.88. The molecule has 1 aromatic rings. The Morgan fingerprint density at radius 3 is 2.75 bits per heavy atom. The van der Waals surface area contributed by atoms with Crippen LogP contribution in [-0.2, 0) is 4.79 Å². The molecule has 1 fully saturated rings. The zero-order valence-corrected chi connectivity index (χ0v) is 11.8. The van der Waals surface area contributed by atoms with E-state index in [1.807, 2.05) is 13.8 Å². The quantitative estimate of drug-likeness (QED) is 0.693. The largest absolute Gasteiger partial charge is 0.464 e. The van der Waals surface area contributed by atoms with Gasteiger partial charge in [-0.15, -0.1) is 0 Å². The fourth-order valence-corrected chi connectivity index (χ4v) is 1.89. The molecule has 0 radical (unpaired) electrons.